The lowest BCUT2D eigenvalue weighted by Gasteiger charge is -2.58. The number of amides is 3. The zero-order valence-electron chi connectivity index (χ0n) is 29.8. The maximum Gasteiger partial charge on any atom is 0.282 e. The summed E-state index contributed by atoms with van der Waals surface area (Å²) in [4.78, 5) is 41.1. The summed E-state index contributed by atoms with van der Waals surface area (Å²) in [5.74, 6) is 0.529. The second kappa shape index (κ2) is 15.9. The second-order valence-corrected chi connectivity index (χ2v) is 15.6. The van der Waals surface area contributed by atoms with Crippen LogP contribution < -0.4 is 0 Å². The highest BCUT2D eigenvalue weighted by Gasteiger charge is 2.56. The second-order valence-electron chi connectivity index (χ2n) is 13.7. The van der Waals surface area contributed by atoms with Crippen LogP contribution in [-0.2, 0) is 34.1 Å². The molecule has 12 nitrogen and oxygen atoms in total. The third-order valence-corrected chi connectivity index (χ3v) is 13.0. The Kier molecular flexibility index (Phi) is 13.3. The molecule has 5 aliphatic rings. The molecule has 0 N–H and O–H groups in total. The van der Waals surface area contributed by atoms with Gasteiger partial charge in [0.25, 0.3) is 10.2 Å². The Bertz CT molecular complexity index is 1230. The van der Waals surface area contributed by atoms with Crippen LogP contribution in [-0.4, -0.2) is 140 Å². The Hall–Kier alpha value is -2.32. The minimum absolute atomic E-state index is 0.00719. The number of hydrogen-bond acceptors (Lipinski definition) is 7. The molecule has 5 rings (SSSR count). The molecule has 0 aromatic heterocycles. The van der Waals surface area contributed by atoms with Crippen molar-refractivity contribution in [2.24, 2.45) is 17.3 Å². The standard InChI is InChI=1S/C17H26N2O3.C15H27N3O4S.C2H6/c1-4-14(20)19-10-16(11-19)8-13(9-16)15(21)18-7-6-17(5-2,12-18)22-3;1-5-14(19)16-8-10-17(11-9-16)23(20,21)18-7-6-15(12-18,22-4)13(2)3;1-2/h4,13H,1,5-12H2,2-3H3;5,13H,1,6-12H2,2-4H3;1-2H3. The zero-order chi connectivity index (χ0) is 35.2. The zero-order valence-corrected chi connectivity index (χ0v) is 30.6. The van der Waals surface area contributed by atoms with Crippen molar-refractivity contribution in [2.75, 3.05) is 79.7 Å². The summed E-state index contributed by atoms with van der Waals surface area (Å²) in [5, 5.41) is 0. The molecular formula is C34H59N5O7S. The van der Waals surface area contributed by atoms with E-state index in [1.165, 1.54) is 20.8 Å². The number of ether oxygens (including phenoxy) is 2. The van der Waals surface area contributed by atoms with Gasteiger partial charge < -0.3 is 24.2 Å². The number of nitrogens with zero attached hydrogens (tertiary/aromatic N) is 5. The number of carbonyl (C=O) groups is 3. The van der Waals surface area contributed by atoms with E-state index in [1.54, 1.807) is 19.1 Å². The molecule has 0 radical (unpaired) electrons. The fourth-order valence-electron chi connectivity index (χ4n) is 7.63. The van der Waals surface area contributed by atoms with Crippen molar-refractivity contribution in [3.8, 4) is 0 Å². The van der Waals surface area contributed by atoms with Crippen molar-refractivity contribution < 1.29 is 32.3 Å². The van der Waals surface area contributed by atoms with Gasteiger partial charge in [0.1, 0.15) is 0 Å². The van der Waals surface area contributed by atoms with Crippen LogP contribution in [0.15, 0.2) is 25.3 Å². The third-order valence-electron chi connectivity index (χ3n) is 11.0. The van der Waals surface area contributed by atoms with Gasteiger partial charge in [-0.1, -0.05) is 47.8 Å². The van der Waals surface area contributed by atoms with E-state index in [4.69, 9.17) is 9.47 Å². The lowest BCUT2D eigenvalue weighted by atomic mass is 9.57. The molecule has 4 saturated heterocycles. The monoisotopic (exact) mass is 681 g/mol. The molecule has 2 atom stereocenters. The van der Waals surface area contributed by atoms with Gasteiger partial charge >= 0.3 is 0 Å². The molecule has 0 bridgehead atoms. The first-order valence-electron chi connectivity index (χ1n) is 17.2. The van der Waals surface area contributed by atoms with E-state index >= 15 is 0 Å². The summed E-state index contributed by atoms with van der Waals surface area (Å²) in [6.45, 7) is 22.6. The molecule has 4 heterocycles. The maximum absolute atomic E-state index is 12.8. The molecule has 268 valence electrons. The van der Waals surface area contributed by atoms with Gasteiger partial charge in [-0.3, -0.25) is 14.4 Å². The van der Waals surface area contributed by atoms with E-state index in [-0.39, 0.29) is 40.6 Å². The SMILES string of the molecule is C=CC(=O)N1CC2(CC(C(=O)N3CCC(CC)(OC)C3)C2)C1.C=CC(=O)N1CCN(S(=O)(=O)N2CCC(OC)(C(C)C)C2)CC1.CC. The first-order chi connectivity index (χ1) is 22.2. The predicted octanol–water partition coefficient (Wildman–Crippen LogP) is 2.77. The Morgan fingerprint density at radius 1 is 0.787 bits per heavy atom. The molecule has 4 aliphatic heterocycles. The van der Waals surface area contributed by atoms with Crippen LogP contribution in [0.2, 0.25) is 0 Å². The van der Waals surface area contributed by atoms with E-state index in [2.05, 4.69) is 33.9 Å². The van der Waals surface area contributed by atoms with Gasteiger partial charge in [0, 0.05) is 91.0 Å². The van der Waals surface area contributed by atoms with Gasteiger partial charge in [-0.15, -0.1) is 0 Å². The van der Waals surface area contributed by atoms with Crippen LogP contribution >= 0.6 is 0 Å². The third kappa shape index (κ3) is 8.12. The van der Waals surface area contributed by atoms with Gasteiger partial charge in [-0.2, -0.15) is 17.0 Å². The number of hydrogen-bond donors (Lipinski definition) is 0. The predicted molar refractivity (Wildman–Crippen MR) is 183 cm³/mol. The largest absolute Gasteiger partial charge is 0.377 e. The van der Waals surface area contributed by atoms with Gasteiger partial charge in [0.2, 0.25) is 17.7 Å². The molecule has 1 spiro atoms. The van der Waals surface area contributed by atoms with E-state index in [1.807, 2.05) is 23.6 Å². The lowest BCUT2D eigenvalue weighted by Crippen LogP contribution is -2.65. The number of likely N-dealkylation sites (tertiary alicyclic amines) is 2. The van der Waals surface area contributed by atoms with Crippen molar-refractivity contribution >= 4 is 27.9 Å². The highest BCUT2D eigenvalue weighted by atomic mass is 32.2. The Morgan fingerprint density at radius 2 is 1.36 bits per heavy atom. The summed E-state index contributed by atoms with van der Waals surface area (Å²) < 4.78 is 39.9. The first-order valence-corrected chi connectivity index (χ1v) is 18.6. The number of rotatable bonds is 9. The van der Waals surface area contributed by atoms with E-state index in [0.29, 0.717) is 45.7 Å². The summed E-state index contributed by atoms with van der Waals surface area (Å²) in [5.41, 5.74) is -0.337. The molecule has 1 saturated carbocycles. The summed E-state index contributed by atoms with van der Waals surface area (Å²) in [6.07, 6.45) is 7.07. The highest BCUT2D eigenvalue weighted by molar-refractivity contribution is 7.86. The number of piperazine rings is 1. The van der Waals surface area contributed by atoms with Gasteiger partial charge in [-0.05, 0) is 50.2 Å². The average molecular weight is 682 g/mol. The van der Waals surface area contributed by atoms with Crippen LogP contribution in [0.3, 0.4) is 0 Å². The summed E-state index contributed by atoms with van der Waals surface area (Å²) in [6, 6.07) is 0. The molecule has 0 aromatic carbocycles. The quantitative estimate of drug-likeness (QED) is 0.344. The Labute approximate surface area is 283 Å². The van der Waals surface area contributed by atoms with Crippen molar-refractivity contribution in [2.45, 2.75) is 77.9 Å². The van der Waals surface area contributed by atoms with Crippen LogP contribution in [0.4, 0.5) is 0 Å². The highest BCUT2D eigenvalue weighted by Crippen LogP contribution is 2.52. The smallest absolute Gasteiger partial charge is 0.282 e. The van der Waals surface area contributed by atoms with E-state index in [9.17, 15) is 22.8 Å². The molecule has 1 aliphatic carbocycles. The van der Waals surface area contributed by atoms with Crippen molar-refractivity contribution in [3.63, 3.8) is 0 Å². The molecule has 13 heteroatoms. The molecule has 5 fully saturated rings. The first kappa shape index (κ1) is 39.1. The Balaban J connectivity index is 0.000000243. The topological polar surface area (TPSA) is 120 Å². The molecule has 3 amide bonds. The minimum Gasteiger partial charge on any atom is -0.377 e. The van der Waals surface area contributed by atoms with Crippen molar-refractivity contribution in [1.82, 2.24) is 23.3 Å². The van der Waals surface area contributed by atoms with Gasteiger partial charge in [-0.25, -0.2) is 0 Å². The molecule has 47 heavy (non-hydrogen) atoms. The Morgan fingerprint density at radius 3 is 1.81 bits per heavy atom. The lowest BCUT2D eigenvalue weighted by molar-refractivity contribution is -0.161. The van der Waals surface area contributed by atoms with Crippen molar-refractivity contribution in [1.29, 1.82) is 0 Å². The fraction of sp³-hybridized carbons (Fsp3) is 0.794. The average Bonchev–Trinajstić information content (AvgIpc) is 3.71. The molecular weight excluding hydrogens is 622 g/mol. The van der Waals surface area contributed by atoms with Gasteiger partial charge in [0.15, 0.2) is 0 Å². The maximum atomic E-state index is 12.8. The number of carbonyl (C=O) groups excluding carboxylic acids is 3. The van der Waals surface area contributed by atoms with Gasteiger partial charge in [0.05, 0.1) is 11.2 Å². The fourth-order valence-corrected chi connectivity index (χ4v) is 9.29. The minimum atomic E-state index is -3.51. The molecule has 2 unspecified atom stereocenters. The molecule has 0 aromatic rings. The van der Waals surface area contributed by atoms with Crippen LogP contribution in [0.1, 0.15) is 66.7 Å². The summed E-state index contributed by atoms with van der Waals surface area (Å²) >= 11 is 0. The summed E-state index contributed by atoms with van der Waals surface area (Å²) in [7, 11) is -0.115. The van der Waals surface area contributed by atoms with E-state index < -0.39 is 15.8 Å². The van der Waals surface area contributed by atoms with Crippen LogP contribution in [0.25, 0.3) is 0 Å². The normalized spacial score (nSPS) is 27.7. The van der Waals surface area contributed by atoms with E-state index in [0.717, 1.165) is 51.9 Å². The van der Waals surface area contributed by atoms with Crippen molar-refractivity contribution in [3.05, 3.63) is 25.3 Å². The number of methoxy groups -OCH3 is 2. The van der Waals surface area contributed by atoms with Crippen LogP contribution in [0, 0.1) is 17.3 Å². The van der Waals surface area contributed by atoms with Crippen LogP contribution in [0.5, 0.6) is 0 Å².